The highest BCUT2D eigenvalue weighted by Gasteiger charge is 2.54. The molecule has 2 aliphatic rings. The van der Waals surface area contributed by atoms with Crippen LogP contribution in [0.2, 0.25) is 0 Å². The van der Waals surface area contributed by atoms with Crippen LogP contribution in [0.15, 0.2) is 12.1 Å². The standard InChI is InChI=1S/C15H20N2O2/c1-14(2,3)9-5-6-10(18)11-12(9)15(7-4-8-15)17(19)13(11)16/h5-6,16,18-19H,4,7-8H2,1-3H3. The third-order valence-electron chi connectivity index (χ3n) is 4.49. The summed E-state index contributed by atoms with van der Waals surface area (Å²) >= 11 is 0. The van der Waals surface area contributed by atoms with Crippen LogP contribution in [-0.4, -0.2) is 21.2 Å². The van der Waals surface area contributed by atoms with Crippen molar-refractivity contribution in [2.24, 2.45) is 0 Å². The van der Waals surface area contributed by atoms with Crippen molar-refractivity contribution < 1.29 is 10.3 Å². The van der Waals surface area contributed by atoms with Gasteiger partial charge in [0, 0.05) is 0 Å². The predicted molar refractivity (Wildman–Crippen MR) is 72.8 cm³/mol. The van der Waals surface area contributed by atoms with Crippen LogP contribution >= 0.6 is 0 Å². The Kier molecular flexibility index (Phi) is 2.31. The highest BCUT2D eigenvalue weighted by atomic mass is 16.5. The number of phenolic OH excluding ortho intramolecular Hbond substituents is 1. The number of amidine groups is 1. The average molecular weight is 260 g/mol. The van der Waals surface area contributed by atoms with Crippen molar-refractivity contribution in [3.8, 4) is 5.75 Å². The van der Waals surface area contributed by atoms with Crippen molar-refractivity contribution in [2.75, 3.05) is 0 Å². The monoisotopic (exact) mass is 260 g/mol. The largest absolute Gasteiger partial charge is 0.507 e. The van der Waals surface area contributed by atoms with E-state index in [9.17, 15) is 10.3 Å². The minimum atomic E-state index is -0.478. The van der Waals surface area contributed by atoms with Gasteiger partial charge in [-0.05, 0) is 41.9 Å². The van der Waals surface area contributed by atoms with Crippen molar-refractivity contribution in [3.63, 3.8) is 0 Å². The lowest BCUT2D eigenvalue weighted by atomic mass is 9.67. The van der Waals surface area contributed by atoms with Crippen molar-refractivity contribution in [2.45, 2.75) is 51.0 Å². The smallest absolute Gasteiger partial charge is 0.157 e. The molecule has 1 aliphatic carbocycles. The van der Waals surface area contributed by atoms with Gasteiger partial charge in [0.05, 0.1) is 11.1 Å². The third-order valence-corrected chi connectivity index (χ3v) is 4.49. The Morgan fingerprint density at radius 2 is 1.89 bits per heavy atom. The maximum Gasteiger partial charge on any atom is 0.157 e. The molecule has 1 aromatic rings. The lowest BCUT2D eigenvalue weighted by Gasteiger charge is -2.45. The summed E-state index contributed by atoms with van der Waals surface area (Å²) in [6.45, 7) is 6.36. The molecule has 1 spiro atoms. The molecular weight excluding hydrogens is 240 g/mol. The Bertz CT molecular complexity index is 568. The number of nitrogens with zero attached hydrogens (tertiary/aromatic N) is 1. The number of fused-ring (bicyclic) bond motifs is 2. The minimum Gasteiger partial charge on any atom is -0.507 e. The second-order valence-electron chi connectivity index (χ2n) is 6.68. The summed E-state index contributed by atoms with van der Waals surface area (Å²) in [5.74, 6) is 0.120. The van der Waals surface area contributed by atoms with Crippen LogP contribution in [0, 0.1) is 5.41 Å². The zero-order valence-corrected chi connectivity index (χ0v) is 11.6. The molecule has 0 bridgehead atoms. The Morgan fingerprint density at radius 1 is 1.26 bits per heavy atom. The third kappa shape index (κ3) is 1.40. The Hall–Kier alpha value is -1.55. The number of rotatable bonds is 0. The summed E-state index contributed by atoms with van der Waals surface area (Å²) in [5, 5.41) is 29.5. The zero-order valence-electron chi connectivity index (χ0n) is 11.6. The van der Waals surface area contributed by atoms with Gasteiger partial charge in [0.15, 0.2) is 5.84 Å². The van der Waals surface area contributed by atoms with Gasteiger partial charge in [0.2, 0.25) is 0 Å². The first-order valence-electron chi connectivity index (χ1n) is 6.74. The zero-order chi connectivity index (χ0) is 14.0. The molecule has 0 unspecified atom stereocenters. The van der Waals surface area contributed by atoms with E-state index in [-0.39, 0.29) is 17.0 Å². The summed E-state index contributed by atoms with van der Waals surface area (Å²) in [5.41, 5.74) is 2.02. The fourth-order valence-electron chi connectivity index (χ4n) is 3.34. The highest BCUT2D eigenvalue weighted by Crippen LogP contribution is 2.55. The number of hydroxylamine groups is 2. The summed E-state index contributed by atoms with van der Waals surface area (Å²) < 4.78 is 0. The number of hydrogen-bond acceptors (Lipinski definition) is 3. The van der Waals surface area contributed by atoms with Gasteiger partial charge in [0.25, 0.3) is 0 Å². The molecule has 0 saturated heterocycles. The van der Waals surface area contributed by atoms with Gasteiger partial charge in [-0.15, -0.1) is 0 Å². The van der Waals surface area contributed by atoms with Crippen molar-refractivity contribution >= 4 is 5.84 Å². The van der Waals surface area contributed by atoms with E-state index in [2.05, 4.69) is 20.8 Å². The maximum atomic E-state index is 10.3. The lowest BCUT2D eigenvalue weighted by molar-refractivity contribution is -0.138. The van der Waals surface area contributed by atoms with Crippen LogP contribution in [0.5, 0.6) is 5.75 Å². The number of nitrogens with one attached hydrogen (secondary N) is 1. The lowest BCUT2D eigenvalue weighted by Crippen LogP contribution is -2.47. The molecule has 1 aromatic carbocycles. The Morgan fingerprint density at radius 3 is 2.37 bits per heavy atom. The molecule has 0 aromatic heterocycles. The van der Waals surface area contributed by atoms with E-state index in [1.54, 1.807) is 6.07 Å². The molecule has 4 nitrogen and oxygen atoms in total. The molecule has 3 N–H and O–H groups in total. The molecule has 102 valence electrons. The predicted octanol–water partition coefficient (Wildman–Crippen LogP) is 3.10. The van der Waals surface area contributed by atoms with E-state index in [1.165, 1.54) is 0 Å². The van der Waals surface area contributed by atoms with E-state index in [0.29, 0.717) is 5.56 Å². The normalized spacial score (nSPS) is 20.6. The summed E-state index contributed by atoms with van der Waals surface area (Å²) in [7, 11) is 0. The van der Waals surface area contributed by atoms with Gasteiger partial charge in [0.1, 0.15) is 5.75 Å². The summed E-state index contributed by atoms with van der Waals surface area (Å²) in [6, 6.07) is 3.57. The number of phenols is 1. The first-order chi connectivity index (χ1) is 8.79. The maximum absolute atomic E-state index is 10.3. The average Bonchev–Trinajstić information content (AvgIpc) is 2.47. The van der Waals surface area contributed by atoms with Crippen LogP contribution in [0.4, 0.5) is 0 Å². The van der Waals surface area contributed by atoms with Crippen LogP contribution in [-0.2, 0) is 11.0 Å². The van der Waals surface area contributed by atoms with Crippen molar-refractivity contribution in [1.29, 1.82) is 5.41 Å². The SMILES string of the molecule is CC(C)(C)c1ccc(O)c2c1C1(CCC1)N(O)C2=N. The van der Waals surface area contributed by atoms with Gasteiger partial charge in [-0.3, -0.25) is 10.6 Å². The van der Waals surface area contributed by atoms with Gasteiger partial charge in [-0.2, -0.15) is 0 Å². The van der Waals surface area contributed by atoms with Crippen LogP contribution in [0.3, 0.4) is 0 Å². The fraction of sp³-hybridized carbons (Fsp3) is 0.533. The number of benzene rings is 1. The molecule has 0 amide bonds. The molecule has 19 heavy (non-hydrogen) atoms. The van der Waals surface area contributed by atoms with Crippen LogP contribution in [0.25, 0.3) is 0 Å². The quantitative estimate of drug-likeness (QED) is 0.671. The Balaban J connectivity index is 2.34. The first kappa shape index (κ1) is 12.5. The van der Waals surface area contributed by atoms with E-state index in [0.717, 1.165) is 35.5 Å². The number of hydrogen-bond donors (Lipinski definition) is 3. The molecule has 4 heteroatoms. The van der Waals surface area contributed by atoms with Gasteiger partial charge >= 0.3 is 0 Å². The van der Waals surface area contributed by atoms with E-state index >= 15 is 0 Å². The van der Waals surface area contributed by atoms with E-state index in [1.807, 2.05) is 6.07 Å². The summed E-state index contributed by atoms with van der Waals surface area (Å²) in [4.78, 5) is 0. The van der Waals surface area contributed by atoms with Crippen LogP contribution < -0.4 is 0 Å². The van der Waals surface area contributed by atoms with E-state index in [4.69, 9.17) is 5.41 Å². The molecule has 1 heterocycles. The van der Waals surface area contributed by atoms with Crippen molar-refractivity contribution in [1.82, 2.24) is 5.06 Å². The molecule has 1 saturated carbocycles. The van der Waals surface area contributed by atoms with Crippen LogP contribution in [0.1, 0.15) is 56.7 Å². The summed E-state index contributed by atoms with van der Waals surface area (Å²) in [6.07, 6.45) is 2.72. The molecule has 0 atom stereocenters. The Labute approximate surface area is 113 Å². The molecule has 1 aliphatic heterocycles. The molecule has 0 radical (unpaired) electrons. The topological polar surface area (TPSA) is 67.6 Å². The van der Waals surface area contributed by atoms with Gasteiger partial charge in [-0.1, -0.05) is 26.8 Å². The van der Waals surface area contributed by atoms with Crippen molar-refractivity contribution in [3.05, 3.63) is 28.8 Å². The van der Waals surface area contributed by atoms with E-state index < -0.39 is 5.54 Å². The molecular formula is C15H20N2O2. The molecule has 1 fully saturated rings. The fourth-order valence-corrected chi connectivity index (χ4v) is 3.34. The second-order valence-corrected chi connectivity index (χ2v) is 6.68. The second kappa shape index (κ2) is 3.51. The highest BCUT2D eigenvalue weighted by molar-refractivity contribution is 6.04. The molecule has 3 rings (SSSR count). The van der Waals surface area contributed by atoms with Gasteiger partial charge in [-0.25, -0.2) is 5.06 Å². The van der Waals surface area contributed by atoms with Gasteiger partial charge < -0.3 is 5.11 Å². The first-order valence-corrected chi connectivity index (χ1v) is 6.74. The number of aromatic hydroxyl groups is 1. The minimum absolute atomic E-state index is 0.0262.